The van der Waals surface area contributed by atoms with Crippen molar-refractivity contribution < 1.29 is 0 Å². The Morgan fingerprint density at radius 1 is 1.08 bits per heavy atom. The molecular formula is C17H23N7. The van der Waals surface area contributed by atoms with Crippen LogP contribution in [0.15, 0.2) is 30.9 Å². The number of hydrogen-bond donors (Lipinski definition) is 0. The lowest BCUT2D eigenvalue weighted by atomic mass is 9.92. The van der Waals surface area contributed by atoms with E-state index in [1.807, 2.05) is 43.5 Å². The minimum absolute atomic E-state index is 0.450. The molecule has 0 saturated carbocycles. The molecule has 2 unspecified atom stereocenters. The highest BCUT2D eigenvalue weighted by Crippen LogP contribution is 2.35. The fraction of sp³-hybridized carbons (Fsp3) is 0.529. The Labute approximate surface area is 142 Å². The lowest BCUT2D eigenvalue weighted by Crippen LogP contribution is -2.49. The van der Waals surface area contributed by atoms with Gasteiger partial charge in [-0.3, -0.25) is 0 Å². The van der Waals surface area contributed by atoms with E-state index in [4.69, 9.17) is 4.98 Å². The van der Waals surface area contributed by atoms with Gasteiger partial charge in [0.25, 0.3) is 0 Å². The van der Waals surface area contributed by atoms with Crippen LogP contribution in [0.1, 0.15) is 12.8 Å². The first-order valence-electron chi connectivity index (χ1n) is 8.50. The van der Waals surface area contributed by atoms with Gasteiger partial charge in [0.15, 0.2) is 0 Å². The summed E-state index contributed by atoms with van der Waals surface area (Å²) in [5.74, 6) is 3.53. The fourth-order valence-electron chi connectivity index (χ4n) is 3.79. The number of piperidine rings is 1. The van der Waals surface area contributed by atoms with E-state index in [0.717, 1.165) is 43.1 Å². The third-order valence-corrected chi connectivity index (χ3v) is 5.10. The van der Waals surface area contributed by atoms with E-state index in [9.17, 15) is 0 Å². The zero-order valence-electron chi connectivity index (χ0n) is 14.2. The number of rotatable bonds is 3. The Morgan fingerprint density at radius 3 is 2.75 bits per heavy atom. The molecule has 4 heterocycles. The van der Waals surface area contributed by atoms with Crippen molar-refractivity contribution in [1.29, 1.82) is 0 Å². The monoisotopic (exact) mass is 325 g/mol. The van der Waals surface area contributed by atoms with Gasteiger partial charge in [0.2, 0.25) is 5.95 Å². The minimum Gasteiger partial charge on any atom is -0.363 e. The van der Waals surface area contributed by atoms with Gasteiger partial charge in [-0.15, -0.1) is 0 Å². The fourth-order valence-corrected chi connectivity index (χ4v) is 3.79. The van der Waals surface area contributed by atoms with Crippen molar-refractivity contribution in [2.45, 2.75) is 18.9 Å². The van der Waals surface area contributed by atoms with E-state index < -0.39 is 0 Å². The summed E-state index contributed by atoms with van der Waals surface area (Å²) in [5.41, 5.74) is 0. The summed E-state index contributed by atoms with van der Waals surface area (Å²) >= 11 is 0. The van der Waals surface area contributed by atoms with Crippen LogP contribution in [0.25, 0.3) is 0 Å². The number of fused-ring (bicyclic) bond motifs is 1. The van der Waals surface area contributed by atoms with Gasteiger partial charge in [-0.25, -0.2) is 15.0 Å². The van der Waals surface area contributed by atoms with Crippen LogP contribution in [0.3, 0.4) is 0 Å². The number of nitrogens with zero attached hydrogens (tertiary/aromatic N) is 7. The summed E-state index contributed by atoms with van der Waals surface area (Å²) in [6.45, 7) is 3.06. The molecule has 126 valence electrons. The van der Waals surface area contributed by atoms with E-state index in [1.54, 1.807) is 6.33 Å². The van der Waals surface area contributed by atoms with Crippen molar-refractivity contribution in [3.63, 3.8) is 0 Å². The lowest BCUT2D eigenvalue weighted by molar-refractivity contribution is 0.387. The zero-order chi connectivity index (χ0) is 16.5. The molecule has 2 aliphatic rings. The Balaban J connectivity index is 1.57. The molecule has 0 spiro atoms. The smallest absolute Gasteiger partial charge is 0.227 e. The maximum atomic E-state index is 4.74. The second kappa shape index (κ2) is 6.22. The van der Waals surface area contributed by atoms with Crippen molar-refractivity contribution in [1.82, 2.24) is 19.9 Å². The normalized spacial score (nSPS) is 23.2. The first-order chi connectivity index (χ1) is 11.7. The molecule has 2 fully saturated rings. The van der Waals surface area contributed by atoms with Crippen LogP contribution in [0, 0.1) is 5.92 Å². The Morgan fingerprint density at radius 2 is 1.96 bits per heavy atom. The zero-order valence-corrected chi connectivity index (χ0v) is 14.2. The molecule has 0 radical (unpaired) electrons. The minimum atomic E-state index is 0.450. The van der Waals surface area contributed by atoms with Crippen molar-refractivity contribution >= 4 is 17.6 Å². The summed E-state index contributed by atoms with van der Waals surface area (Å²) < 4.78 is 0. The largest absolute Gasteiger partial charge is 0.363 e. The summed E-state index contributed by atoms with van der Waals surface area (Å²) in [6.07, 6.45) is 7.70. The first-order valence-corrected chi connectivity index (χ1v) is 8.50. The summed E-state index contributed by atoms with van der Waals surface area (Å²) in [7, 11) is 4.02. The Bertz CT molecular complexity index is 690. The maximum Gasteiger partial charge on any atom is 0.227 e. The summed E-state index contributed by atoms with van der Waals surface area (Å²) in [6, 6.07) is 4.39. The molecule has 7 nitrogen and oxygen atoms in total. The predicted molar refractivity (Wildman–Crippen MR) is 94.5 cm³/mol. The first kappa shape index (κ1) is 15.1. The lowest BCUT2D eigenvalue weighted by Gasteiger charge is -2.39. The molecule has 2 atom stereocenters. The molecule has 2 aliphatic heterocycles. The van der Waals surface area contributed by atoms with Crippen molar-refractivity contribution in [3.05, 3.63) is 30.9 Å². The molecule has 0 aromatic carbocycles. The average Bonchev–Trinajstić information content (AvgIpc) is 3.05. The van der Waals surface area contributed by atoms with Gasteiger partial charge in [0.05, 0.1) is 6.04 Å². The summed E-state index contributed by atoms with van der Waals surface area (Å²) in [5, 5.41) is 0. The van der Waals surface area contributed by atoms with Gasteiger partial charge >= 0.3 is 0 Å². The SMILES string of the molecule is CN(C)c1ccnc(N2CCC3CCN(c4ccncn4)CC32)n1. The molecule has 7 heteroatoms. The van der Waals surface area contributed by atoms with Gasteiger partial charge in [0, 0.05) is 46.1 Å². The van der Waals surface area contributed by atoms with Gasteiger partial charge in [-0.1, -0.05) is 0 Å². The molecule has 2 saturated heterocycles. The van der Waals surface area contributed by atoms with E-state index in [1.165, 1.54) is 12.8 Å². The molecule has 0 N–H and O–H groups in total. The maximum absolute atomic E-state index is 4.74. The standard InChI is InChI=1S/C17H23N7/c1-22(2)16-4-8-19-17(21-16)24-10-6-13-5-9-23(11-14(13)24)15-3-7-18-12-20-15/h3-4,7-8,12-14H,5-6,9-11H2,1-2H3. The topological polar surface area (TPSA) is 61.3 Å². The number of aromatic nitrogens is 4. The third kappa shape index (κ3) is 2.74. The van der Waals surface area contributed by atoms with Crippen LogP contribution in [0.4, 0.5) is 17.6 Å². The third-order valence-electron chi connectivity index (χ3n) is 5.10. The molecule has 0 bridgehead atoms. The van der Waals surface area contributed by atoms with Crippen LogP contribution in [-0.2, 0) is 0 Å². The number of anilines is 3. The van der Waals surface area contributed by atoms with Crippen molar-refractivity contribution in [2.75, 3.05) is 48.4 Å². The Kier molecular flexibility index (Phi) is 3.92. The highest BCUT2D eigenvalue weighted by molar-refractivity contribution is 5.46. The molecule has 0 amide bonds. The average molecular weight is 325 g/mol. The van der Waals surface area contributed by atoms with Crippen LogP contribution in [-0.4, -0.2) is 59.7 Å². The number of hydrogen-bond acceptors (Lipinski definition) is 7. The molecule has 0 aliphatic carbocycles. The van der Waals surface area contributed by atoms with Crippen LogP contribution < -0.4 is 14.7 Å². The van der Waals surface area contributed by atoms with Gasteiger partial charge in [-0.05, 0) is 30.9 Å². The summed E-state index contributed by atoms with van der Waals surface area (Å²) in [4.78, 5) is 24.5. The van der Waals surface area contributed by atoms with Gasteiger partial charge < -0.3 is 14.7 Å². The van der Waals surface area contributed by atoms with Crippen molar-refractivity contribution in [2.24, 2.45) is 5.92 Å². The highest BCUT2D eigenvalue weighted by Gasteiger charge is 2.39. The second-order valence-electron chi connectivity index (χ2n) is 6.72. The van der Waals surface area contributed by atoms with Crippen LogP contribution >= 0.6 is 0 Å². The van der Waals surface area contributed by atoms with Crippen molar-refractivity contribution in [3.8, 4) is 0 Å². The quantitative estimate of drug-likeness (QED) is 0.846. The highest BCUT2D eigenvalue weighted by atomic mass is 15.3. The Hall–Kier alpha value is -2.44. The predicted octanol–water partition coefficient (Wildman–Crippen LogP) is 1.44. The van der Waals surface area contributed by atoms with Crippen LogP contribution in [0.5, 0.6) is 0 Å². The van der Waals surface area contributed by atoms with E-state index in [-0.39, 0.29) is 0 Å². The molecule has 2 aromatic rings. The van der Waals surface area contributed by atoms with E-state index in [0.29, 0.717) is 6.04 Å². The molecule has 24 heavy (non-hydrogen) atoms. The van der Waals surface area contributed by atoms with E-state index >= 15 is 0 Å². The molecule has 4 rings (SSSR count). The van der Waals surface area contributed by atoms with Gasteiger partial charge in [-0.2, -0.15) is 4.98 Å². The second-order valence-corrected chi connectivity index (χ2v) is 6.72. The van der Waals surface area contributed by atoms with Gasteiger partial charge in [0.1, 0.15) is 18.0 Å². The molecular weight excluding hydrogens is 302 g/mol. The van der Waals surface area contributed by atoms with E-state index in [2.05, 4.69) is 24.8 Å². The van der Waals surface area contributed by atoms with Crippen LogP contribution in [0.2, 0.25) is 0 Å². The molecule has 2 aromatic heterocycles.